The van der Waals surface area contributed by atoms with Crippen LogP contribution in [0, 0.1) is 0 Å². The molecule has 2 rings (SSSR count). The van der Waals surface area contributed by atoms with Gasteiger partial charge in [-0.2, -0.15) is 5.10 Å². The molecular weight excluding hydrogens is 350 g/mol. The lowest BCUT2D eigenvalue weighted by molar-refractivity contribution is -0.121. The van der Waals surface area contributed by atoms with Crippen molar-refractivity contribution in [2.45, 2.75) is 39.7 Å². The van der Waals surface area contributed by atoms with E-state index in [1.807, 2.05) is 37.3 Å². The molecule has 0 aliphatic rings. The number of ether oxygens (including phenoxy) is 1. The zero-order valence-corrected chi connectivity index (χ0v) is 17.2. The minimum Gasteiger partial charge on any atom is -0.495 e. The molecule has 2 aromatic rings. The number of benzene rings is 2. The van der Waals surface area contributed by atoms with Crippen molar-refractivity contribution in [3.63, 3.8) is 0 Å². The molecule has 0 aliphatic carbocycles. The van der Waals surface area contributed by atoms with E-state index in [9.17, 15) is 4.79 Å². The van der Waals surface area contributed by atoms with E-state index in [4.69, 9.17) is 4.74 Å². The van der Waals surface area contributed by atoms with Crippen molar-refractivity contribution in [2.24, 2.45) is 5.10 Å². The van der Waals surface area contributed by atoms with Crippen LogP contribution in [0.15, 0.2) is 59.2 Å². The summed E-state index contributed by atoms with van der Waals surface area (Å²) in [6.07, 6.45) is 3.67. The first-order valence-corrected chi connectivity index (χ1v) is 9.41. The first-order chi connectivity index (χ1) is 13.4. The van der Waals surface area contributed by atoms with Crippen LogP contribution in [0.25, 0.3) is 6.08 Å². The second kappa shape index (κ2) is 10.3. The van der Waals surface area contributed by atoms with Crippen LogP contribution in [0.4, 0.5) is 5.69 Å². The topological polar surface area (TPSA) is 62.7 Å². The lowest BCUT2D eigenvalue weighted by Gasteiger charge is -2.15. The number of hydrogen-bond acceptors (Lipinski definition) is 4. The Morgan fingerprint density at radius 2 is 1.75 bits per heavy atom. The van der Waals surface area contributed by atoms with Gasteiger partial charge in [-0.15, -0.1) is 0 Å². The van der Waals surface area contributed by atoms with Crippen molar-refractivity contribution in [1.82, 2.24) is 5.43 Å². The van der Waals surface area contributed by atoms with E-state index < -0.39 is 6.04 Å². The van der Waals surface area contributed by atoms with Crippen LogP contribution in [0.2, 0.25) is 0 Å². The number of para-hydroxylation sites is 2. The monoisotopic (exact) mass is 379 g/mol. The summed E-state index contributed by atoms with van der Waals surface area (Å²) in [6, 6.07) is 15.5. The molecule has 1 atom stereocenters. The second-order valence-corrected chi connectivity index (χ2v) is 7.01. The highest BCUT2D eigenvalue weighted by Crippen LogP contribution is 2.23. The first kappa shape index (κ1) is 21.2. The number of rotatable bonds is 8. The van der Waals surface area contributed by atoms with Gasteiger partial charge in [-0.25, -0.2) is 5.43 Å². The van der Waals surface area contributed by atoms with Crippen molar-refractivity contribution < 1.29 is 9.53 Å². The maximum absolute atomic E-state index is 12.2. The van der Waals surface area contributed by atoms with Gasteiger partial charge in [0.15, 0.2) is 0 Å². The number of carbonyl (C=O) groups is 1. The number of hydrazone groups is 1. The van der Waals surface area contributed by atoms with E-state index in [0.717, 1.165) is 16.8 Å². The smallest absolute Gasteiger partial charge is 0.262 e. The fourth-order valence-electron chi connectivity index (χ4n) is 2.63. The summed E-state index contributed by atoms with van der Waals surface area (Å²) in [4.78, 5) is 12.2. The lowest BCUT2D eigenvalue weighted by atomic mass is 10.0. The Morgan fingerprint density at radius 1 is 1.07 bits per heavy atom. The number of nitrogens with zero attached hydrogens (tertiary/aromatic N) is 1. The summed E-state index contributed by atoms with van der Waals surface area (Å²) < 4.78 is 5.28. The highest BCUT2D eigenvalue weighted by atomic mass is 16.5. The minimum atomic E-state index is -0.457. The molecule has 0 saturated carbocycles. The number of carbonyl (C=O) groups excluding carboxylic acids is 1. The average molecular weight is 380 g/mol. The van der Waals surface area contributed by atoms with Crippen LogP contribution in [0.3, 0.4) is 0 Å². The Hall–Kier alpha value is -3.08. The molecule has 5 nitrogen and oxygen atoms in total. The van der Waals surface area contributed by atoms with Crippen LogP contribution in [0.1, 0.15) is 44.7 Å². The summed E-state index contributed by atoms with van der Waals surface area (Å²) in [6.45, 7) is 8.07. The molecule has 5 heteroatoms. The Balaban J connectivity index is 1.90. The van der Waals surface area contributed by atoms with E-state index in [-0.39, 0.29) is 5.91 Å². The highest BCUT2D eigenvalue weighted by molar-refractivity contribution is 5.88. The molecular formula is C23H29N3O2. The van der Waals surface area contributed by atoms with Crippen molar-refractivity contribution in [3.05, 3.63) is 65.2 Å². The van der Waals surface area contributed by atoms with Crippen molar-refractivity contribution in [1.29, 1.82) is 0 Å². The van der Waals surface area contributed by atoms with Gasteiger partial charge in [0.2, 0.25) is 0 Å². The molecule has 0 spiro atoms. The molecule has 0 saturated heterocycles. The third kappa shape index (κ3) is 6.27. The Kier molecular flexibility index (Phi) is 7.81. The summed E-state index contributed by atoms with van der Waals surface area (Å²) in [7, 11) is 1.60. The van der Waals surface area contributed by atoms with Crippen LogP contribution in [0.5, 0.6) is 5.75 Å². The van der Waals surface area contributed by atoms with Gasteiger partial charge in [0, 0.05) is 0 Å². The van der Waals surface area contributed by atoms with E-state index >= 15 is 0 Å². The molecule has 28 heavy (non-hydrogen) atoms. The Bertz CT molecular complexity index is 839. The molecule has 2 N–H and O–H groups in total. The summed E-state index contributed by atoms with van der Waals surface area (Å²) in [5, 5.41) is 7.18. The predicted octanol–water partition coefficient (Wildman–Crippen LogP) is 4.82. The standard InChI is InChI=1S/C23H29N3O2/c1-16(2)20-12-10-19(11-13-20)14-17(3)15-24-26-23(27)18(4)25-21-8-6-7-9-22(21)28-5/h6-16,18,25H,1-5H3,(H,26,27)/b17-14-,24-15?/t18-/m1/s1. The third-order valence-electron chi connectivity index (χ3n) is 4.31. The molecule has 0 radical (unpaired) electrons. The molecule has 1 amide bonds. The normalized spacial score (nSPS) is 12.9. The largest absolute Gasteiger partial charge is 0.495 e. The molecule has 0 fully saturated rings. The fraction of sp³-hybridized carbons (Fsp3) is 0.304. The van der Waals surface area contributed by atoms with E-state index in [1.54, 1.807) is 20.2 Å². The quantitative estimate of drug-likeness (QED) is 0.510. The molecule has 0 aromatic heterocycles. The van der Waals surface area contributed by atoms with Gasteiger partial charge in [-0.1, -0.05) is 56.3 Å². The van der Waals surface area contributed by atoms with Crippen LogP contribution in [-0.4, -0.2) is 25.3 Å². The zero-order valence-electron chi connectivity index (χ0n) is 17.2. The fourth-order valence-corrected chi connectivity index (χ4v) is 2.63. The molecule has 0 aliphatic heterocycles. The van der Waals surface area contributed by atoms with Gasteiger partial charge in [0.05, 0.1) is 19.0 Å². The Labute approximate surface area is 167 Å². The second-order valence-electron chi connectivity index (χ2n) is 7.01. The number of allylic oxidation sites excluding steroid dienone is 1. The van der Waals surface area contributed by atoms with Gasteiger partial charge < -0.3 is 10.1 Å². The highest BCUT2D eigenvalue weighted by Gasteiger charge is 2.13. The van der Waals surface area contributed by atoms with Crippen molar-refractivity contribution >= 4 is 23.9 Å². The zero-order chi connectivity index (χ0) is 20.5. The average Bonchev–Trinajstić information content (AvgIpc) is 2.68. The molecule has 0 bridgehead atoms. The predicted molar refractivity (Wildman–Crippen MR) is 117 cm³/mol. The van der Waals surface area contributed by atoms with Gasteiger partial charge in [0.1, 0.15) is 11.8 Å². The SMILES string of the molecule is COc1ccccc1N[C@H](C)C(=O)NN=C/C(C)=C\c1ccc(C(C)C)cc1. The third-order valence-corrected chi connectivity index (χ3v) is 4.31. The molecule has 0 heterocycles. The van der Waals surface area contributed by atoms with Gasteiger partial charge >= 0.3 is 0 Å². The molecule has 0 unspecified atom stereocenters. The maximum Gasteiger partial charge on any atom is 0.262 e. The van der Waals surface area contributed by atoms with E-state index in [1.165, 1.54) is 5.56 Å². The minimum absolute atomic E-state index is 0.226. The van der Waals surface area contributed by atoms with Crippen molar-refractivity contribution in [2.75, 3.05) is 12.4 Å². The maximum atomic E-state index is 12.2. The van der Waals surface area contributed by atoms with Gasteiger partial charge in [0.25, 0.3) is 5.91 Å². The number of anilines is 1. The van der Waals surface area contributed by atoms with Crippen molar-refractivity contribution in [3.8, 4) is 5.75 Å². The molecule has 148 valence electrons. The molecule has 2 aromatic carbocycles. The number of nitrogens with one attached hydrogen (secondary N) is 2. The van der Waals surface area contributed by atoms with Crippen LogP contribution in [-0.2, 0) is 4.79 Å². The number of methoxy groups -OCH3 is 1. The summed E-state index contributed by atoms with van der Waals surface area (Å²) >= 11 is 0. The Morgan fingerprint density at radius 3 is 2.39 bits per heavy atom. The first-order valence-electron chi connectivity index (χ1n) is 9.41. The van der Waals surface area contributed by atoms with Crippen LogP contribution >= 0.6 is 0 Å². The number of amides is 1. The number of hydrogen-bond donors (Lipinski definition) is 2. The van der Waals surface area contributed by atoms with Crippen LogP contribution < -0.4 is 15.5 Å². The summed E-state index contributed by atoms with van der Waals surface area (Å²) in [5.74, 6) is 0.978. The lowest BCUT2D eigenvalue weighted by Crippen LogP contribution is -2.35. The van der Waals surface area contributed by atoms with Gasteiger partial charge in [-0.05, 0) is 48.6 Å². The van der Waals surface area contributed by atoms with Gasteiger partial charge in [-0.3, -0.25) is 4.79 Å². The van der Waals surface area contributed by atoms with E-state index in [0.29, 0.717) is 11.7 Å². The summed E-state index contributed by atoms with van der Waals surface area (Å²) in [5.41, 5.74) is 6.69. The van der Waals surface area contributed by atoms with E-state index in [2.05, 4.69) is 54.0 Å².